The van der Waals surface area contributed by atoms with Gasteiger partial charge in [0, 0.05) is 6.20 Å². The Bertz CT molecular complexity index is 291. The molecule has 0 aliphatic heterocycles. The largest absolute Gasteiger partial charge is 0.492 e. The average Bonchev–Trinajstić information content (AvgIpc) is 2.09. The predicted octanol–water partition coefficient (Wildman–Crippen LogP) is 1.55. The Morgan fingerprint density at radius 3 is 3.17 bits per heavy atom. The van der Waals surface area contributed by atoms with Crippen molar-refractivity contribution in [3.8, 4) is 11.8 Å². The van der Waals surface area contributed by atoms with Crippen LogP contribution in [-0.4, -0.2) is 11.6 Å². The lowest BCUT2D eigenvalue weighted by atomic mass is 10.2. The van der Waals surface area contributed by atoms with Crippen LogP contribution >= 0.6 is 0 Å². The Kier molecular flexibility index (Phi) is 3.09. The van der Waals surface area contributed by atoms with Crippen molar-refractivity contribution in [3.05, 3.63) is 24.0 Å². The number of hydrogen-bond acceptors (Lipinski definition) is 3. The first-order valence-electron chi connectivity index (χ1n) is 3.82. The van der Waals surface area contributed by atoms with E-state index in [2.05, 4.69) is 4.98 Å². The molecule has 0 N–H and O–H groups in total. The summed E-state index contributed by atoms with van der Waals surface area (Å²) in [7, 11) is 0. The highest BCUT2D eigenvalue weighted by Crippen LogP contribution is 2.14. The van der Waals surface area contributed by atoms with Gasteiger partial charge >= 0.3 is 0 Å². The molecule has 0 bridgehead atoms. The SMILES string of the molecule is CCOc1cccnc1CC#N. The number of ether oxygens (including phenoxy) is 1. The summed E-state index contributed by atoms with van der Waals surface area (Å²) in [4.78, 5) is 4.04. The van der Waals surface area contributed by atoms with Gasteiger partial charge in [-0.05, 0) is 19.1 Å². The van der Waals surface area contributed by atoms with Crippen LogP contribution in [0.15, 0.2) is 18.3 Å². The standard InChI is InChI=1S/C9H10N2O/c1-2-12-9-4-3-7-11-8(9)5-6-10/h3-4,7H,2,5H2,1H3. The van der Waals surface area contributed by atoms with Crippen molar-refractivity contribution in [1.29, 1.82) is 5.26 Å². The van der Waals surface area contributed by atoms with Crippen LogP contribution in [0.2, 0.25) is 0 Å². The van der Waals surface area contributed by atoms with Gasteiger partial charge in [0.2, 0.25) is 0 Å². The molecule has 1 aromatic rings. The Labute approximate surface area is 71.6 Å². The van der Waals surface area contributed by atoms with Crippen molar-refractivity contribution < 1.29 is 4.74 Å². The second kappa shape index (κ2) is 4.35. The average molecular weight is 162 g/mol. The van der Waals surface area contributed by atoms with E-state index in [1.165, 1.54) is 0 Å². The Balaban J connectivity index is 2.85. The molecule has 0 spiro atoms. The van der Waals surface area contributed by atoms with Crippen LogP contribution in [0.4, 0.5) is 0 Å². The summed E-state index contributed by atoms with van der Waals surface area (Å²) in [5, 5.41) is 8.47. The summed E-state index contributed by atoms with van der Waals surface area (Å²) < 4.78 is 5.28. The Morgan fingerprint density at radius 2 is 2.50 bits per heavy atom. The maximum absolute atomic E-state index is 8.47. The zero-order chi connectivity index (χ0) is 8.81. The third-order valence-corrected chi connectivity index (χ3v) is 1.39. The molecule has 0 fully saturated rings. The molecule has 1 heterocycles. The minimum absolute atomic E-state index is 0.302. The molecule has 12 heavy (non-hydrogen) atoms. The van der Waals surface area contributed by atoms with Gasteiger partial charge in [0.25, 0.3) is 0 Å². The van der Waals surface area contributed by atoms with Gasteiger partial charge in [0.15, 0.2) is 0 Å². The summed E-state index contributed by atoms with van der Waals surface area (Å²) in [5.41, 5.74) is 0.710. The van der Waals surface area contributed by atoms with Crippen LogP contribution in [0.1, 0.15) is 12.6 Å². The number of nitriles is 1. The van der Waals surface area contributed by atoms with E-state index in [-0.39, 0.29) is 0 Å². The number of aromatic nitrogens is 1. The summed E-state index contributed by atoms with van der Waals surface area (Å²) >= 11 is 0. The molecule has 1 aromatic heterocycles. The predicted molar refractivity (Wildman–Crippen MR) is 44.7 cm³/mol. The monoisotopic (exact) mass is 162 g/mol. The molecule has 3 heteroatoms. The van der Waals surface area contributed by atoms with Gasteiger partial charge in [-0.25, -0.2) is 0 Å². The summed E-state index contributed by atoms with van der Waals surface area (Å²) in [6, 6.07) is 5.66. The molecule has 0 amide bonds. The molecule has 0 atom stereocenters. The first kappa shape index (κ1) is 8.54. The topological polar surface area (TPSA) is 45.9 Å². The van der Waals surface area contributed by atoms with Crippen molar-refractivity contribution in [2.75, 3.05) is 6.61 Å². The summed E-state index contributed by atoms with van der Waals surface area (Å²) in [6.45, 7) is 2.51. The fourth-order valence-corrected chi connectivity index (χ4v) is 0.918. The molecule has 0 aliphatic rings. The van der Waals surface area contributed by atoms with E-state index in [1.54, 1.807) is 12.3 Å². The van der Waals surface area contributed by atoms with E-state index in [0.29, 0.717) is 24.5 Å². The van der Waals surface area contributed by atoms with E-state index in [1.807, 2.05) is 19.1 Å². The van der Waals surface area contributed by atoms with Crippen LogP contribution in [0.25, 0.3) is 0 Å². The number of nitrogens with zero attached hydrogens (tertiary/aromatic N) is 2. The third-order valence-electron chi connectivity index (χ3n) is 1.39. The Morgan fingerprint density at radius 1 is 1.67 bits per heavy atom. The number of rotatable bonds is 3. The highest BCUT2D eigenvalue weighted by Gasteiger charge is 2.01. The lowest BCUT2D eigenvalue weighted by molar-refractivity contribution is 0.335. The van der Waals surface area contributed by atoms with Gasteiger partial charge in [0.05, 0.1) is 24.8 Å². The molecular weight excluding hydrogens is 152 g/mol. The molecule has 3 nitrogen and oxygen atoms in total. The second-order valence-corrected chi connectivity index (χ2v) is 2.22. The van der Waals surface area contributed by atoms with Gasteiger partial charge in [-0.2, -0.15) is 5.26 Å². The van der Waals surface area contributed by atoms with Crippen LogP contribution in [0.5, 0.6) is 5.75 Å². The number of hydrogen-bond donors (Lipinski definition) is 0. The van der Waals surface area contributed by atoms with E-state index in [0.717, 1.165) is 0 Å². The van der Waals surface area contributed by atoms with Crippen LogP contribution in [-0.2, 0) is 6.42 Å². The quantitative estimate of drug-likeness (QED) is 0.677. The molecule has 0 aromatic carbocycles. The third kappa shape index (κ3) is 1.96. The van der Waals surface area contributed by atoms with Crippen molar-refractivity contribution in [2.24, 2.45) is 0 Å². The van der Waals surface area contributed by atoms with Crippen LogP contribution in [0.3, 0.4) is 0 Å². The molecule has 0 saturated carbocycles. The molecule has 0 radical (unpaired) electrons. The molecule has 1 rings (SSSR count). The van der Waals surface area contributed by atoms with Crippen molar-refractivity contribution >= 4 is 0 Å². The second-order valence-electron chi connectivity index (χ2n) is 2.22. The lowest BCUT2D eigenvalue weighted by Gasteiger charge is -2.04. The van der Waals surface area contributed by atoms with Gasteiger partial charge in [-0.15, -0.1) is 0 Å². The minimum Gasteiger partial charge on any atom is -0.492 e. The van der Waals surface area contributed by atoms with Gasteiger partial charge in [0.1, 0.15) is 5.75 Å². The van der Waals surface area contributed by atoms with E-state index >= 15 is 0 Å². The first-order valence-corrected chi connectivity index (χ1v) is 3.82. The van der Waals surface area contributed by atoms with Crippen LogP contribution < -0.4 is 4.74 Å². The normalized spacial score (nSPS) is 9.00. The maximum atomic E-state index is 8.47. The minimum atomic E-state index is 0.302. The van der Waals surface area contributed by atoms with E-state index < -0.39 is 0 Å². The number of pyridine rings is 1. The van der Waals surface area contributed by atoms with E-state index in [9.17, 15) is 0 Å². The van der Waals surface area contributed by atoms with Crippen LogP contribution in [0, 0.1) is 11.3 Å². The Hall–Kier alpha value is -1.56. The summed E-state index contributed by atoms with van der Waals surface area (Å²) in [6.07, 6.45) is 1.96. The smallest absolute Gasteiger partial charge is 0.141 e. The molecular formula is C9H10N2O. The van der Waals surface area contributed by atoms with Gasteiger partial charge in [-0.1, -0.05) is 0 Å². The fraction of sp³-hybridized carbons (Fsp3) is 0.333. The zero-order valence-electron chi connectivity index (χ0n) is 6.95. The van der Waals surface area contributed by atoms with Gasteiger partial charge in [-0.3, -0.25) is 4.98 Å². The highest BCUT2D eigenvalue weighted by atomic mass is 16.5. The highest BCUT2D eigenvalue weighted by molar-refractivity contribution is 5.28. The molecule has 0 unspecified atom stereocenters. The lowest BCUT2D eigenvalue weighted by Crippen LogP contribution is -1.97. The van der Waals surface area contributed by atoms with Gasteiger partial charge < -0.3 is 4.74 Å². The first-order chi connectivity index (χ1) is 5.88. The fourth-order valence-electron chi connectivity index (χ4n) is 0.918. The summed E-state index contributed by atoms with van der Waals surface area (Å²) in [5.74, 6) is 0.710. The zero-order valence-corrected chi connectivity index (χ0v) is 6.95. The maximum Gasteiger partial charge on any atom is 0.141 e. The van der Waals surface area contributed by atoms with Crippen molar-refractivity contribution in [2.45, 2.75) is 13.3 Å². The van der Waals surface area contributed by atoms with Crippen molar-refractivity contribution in [1.82, 2.24) is 4.98 Å². The molecule has 0 saturated heterocycles. The molecule has 62 valence electrons. The molecule has 0 aliphatic carbocycles. The van der Waals surface area contributed by atoms with Crippen molar-refractivity contribution in [3.63, 3.8) is 0 Å². The van der Waals surface area contributed by atoms with E-state index in [4.69, 9.17) is 10.00 Å².